The average Bonchev–Trinajstić information content (AvgIpc) is 2.57. The van der Waals surface area contributed by atoms with Crippen molar-refractivity contribution in [1.82, 2.24) is 9.62 Å². The van der Waals surface area contributed by atoms with Crippen molar-refractivity contribution in [2.75, 3.05) is 13.6 Å². The number of amides is 1. The van der Waals surface area contributed by atoms with Crippen LogP contribution in [-0.4, -0.2) is 32.2 Å². The highest BCUT2D eigenvalue weighted by Gasteiger charge is 2.23. The topological polar surface area (TPSA) is 66.5 Å². The Balaban J connectivity index is 2.06. The Kier molecular flexibility index (Phi) is 6.44. The second-order valence-electron chi connectivity index (χ2n) is 6.36. The predicted octanol–water partition coefficient (Wildman–Crippen LogP) is 3.45. The largest absolute Gasteiger partial charge is 0.348 e. The van der Waals surface area contributed by atoms with E-state index in [4.69, 9.17) is 11.6 Å². The molecule has 0 bridgehead atoms. The van der Waals surface area contributed by atoms with Crippen LogP contribution in [-0.2, 0) is 14.8 Å². The van der Waals surface area contributed by atoms with Gasteiger partial charge in [0.25, 0.3) is 0 Å². The van der Waals surface area contributed by atoms with E-state index in [0.717, 1.165) is 21.0 Å². The lowest BCUT2D eigenvalue weighted by Gasteiger charge is -2.20. The fourth-order valence-electron chi connectivity index (χ4n) is 2.67. The Morgan fingerprint density at radius 2 is 1.77 bits per heavy atom. The molecule has 0 aliphatic heterocycles. The number of benzene rings is 2. The number of nitrogens with zero attached hydrogens (tertiary/aromatic N) is 1. The molecule has 0 aliphatic rings. The first-order valence-electron chi connectivity index (χ1n) is 8.19. The van der Waals surface area contributed by atoms with Gasteiger partial charge in [-0.15, -0.1) is 0 Å². The van der Waals surface area contributed by atoms with Gasteiger partial charge in [-0.2, -0.15) is 4.31 Å². The van der Waals surface area contributed by atoms with Gasteiger partial charge in [0.2, 0.25) is 15.9 Å². The summed E-state index contributed by atoms with van der Waals surface area (Å²) in [6.45, 7) is 5.59. The molecule has 0 heterocycles. The molecule has 2 rings (SSSR count). The van der Waals surface area contributed by atoms with Crippen LogP contribution in [0.2, 0.25) is 5.02 Å². The molecule has 0 radical (unpaired) electrons. The summed E-state index contributed by atoms with van der Waals surface area (Å²) in [5.41, 5.74) is 3.20. The molecule has 1 atom stereocenters. The van der Waals surface area contributed by atoms with E-state index in [2.05, 4.69) is 5.32 Å². The van der Waals surface area contributed by atoms with Crippen molar-refractivity contribution in [3.05, 3.63) is 64.2 Å². The van der Waals surface area contributed by atoms with Gasteiger partial charge in [0, 0.05) is 12.1 Å². The second-order valence-corrected chi connectivity index (χ2v) is 8.85. The standard InChI is InChI=1S/C19H23ClN2O3S/c1-13-5-6-14(2)18(11-13)15(3)21-19(23)12-22(4)26(24,25)17-9-7-16(20)8-10-17/h5-11,15H,12H2,1-4H3,(H,21,23). The molecule has 1 unspecified atom stereocenters. The van der Waals surface area contributed by atoms with Crippen molar-refractivity contribution in [3.63, 3.8) is 0 Å². The normalized spacial score (nSPS) is 12.8. The van der Waals surface area contributed by atoms with E-state index in [1.165, 1.54) is 31.3 Å². The van der Waals surface area contributed by atoms with Crippen molar-refractivity contribution >= 4 is 27.5 Å². The lowest BCUT2D eigenvalue weighted by Crippen LogP contribution is -2.39. The molecule has 0 spiro atoms. The molecule has 1 N–H and O–H groups in total. The number of carbonyl (C=O) groups excluding carboxylic acids is 1. The van der Waals surface area contributed by atoms with E-state index in [9.17, 15) is 13.2 Å². The van der Waals surface area contributed by atoms with Gasteiger partial charge in [-0.05, 0) is 56.2 Å². The molecule has 0 aromatic heterocycles. The Hall–Kier alpha value is -1.89. The maximum absolute atomic E-state index is 12.5. The maximum atomic E-state index is 12.5. The number of halogens is 1. The van der Waals surface area contributed by atoms with Crippen LogP contribution in [0.25, 0.3) is 0 Å². The summed E-state index contributed by atoms with van der Waals surface area (Å²) in [6, 6.07) is 11.7. The number of sulfonamides is 1. The Bertz CT molecular complexity index is 896. The van der Waals surface area contributed by atoms with Gasteiger partial charge in [-0.3, -0.25) is 4.79 Å². The second kappa shape index (κ2) is 8.20. The quantitative estimate of drug-likeness (QED) is 0.815. The zero-order valence-corrected chi connectivity index (χ0v) is 16.9. The van der Waals surface area contributed by atoms with Gasteiger partial charge in [-0.1, -0.05) is 35.4 Å². The van der Waals surface area contributed by atoms with Gasteiger partial charge >= 0.3 is 0 Å². The molecule has 1 amide bonds. The first-order chi connectivity index (χ1) is 12.1. The van der Waals surface area contributed by atoms with Crippen LogP contribution in [0.3, 0.4) is 0 Å². The smallest absolute Gasteiger partial charge is 0.243 e. The van der Waals surface area contributed by atoms with Crippen molar-refractivity contribution < 1.29 is 13.2 Å². The summed E-state index contributed by atoms with van der Waals surface area (Å²) >= 11 is 5.79. The highest BCUT2D eigenvalue weighted by atomic mass is 35.5. The lowest BCUT2D eigenvalue weighted by molar-refractivity contribution is -0.121. The molecule has 7 heteroatoms. The summed E-state index contributed by atoms with van der Waals surface area (Å²) in [4.78, 5) is 12.4. The van der Waals surface area contributed by atoms with Gasteiger partial charge in [0.05, 0.1) is 17.5 Å². The zero-order valence-electron chi connectivity index (χ0n) is 15.3. The molecule has 0 saturated carbocycles. The van der Waals surface area contributed by atoms with E-state index in [-0.39, 0.29) is 23.4 Å². The molecule has 26 heavy (non-hydrogen) atoms. The number of hydrogen-bond acceptors (Lipinski definition) is 3. The van der Waals surface area contributed by atoms with Gasteiger partial charge in [-0.25, -0.2) is 8.42 Å². The number of likely N-dealkylation sites (N-methyl/N-ethyl adjacent to an activating group) is 1. The SMILES string of the molecule is Cc1ccc(C)c(C(C)NC(=O)CN(C)S(=O)(=O)c2ccc(Cl)cc2)c1. The predicted molar refractivity (Wildman–Crippen MR) is 104 cm³/mol. The number of rotatable bonds is 6. The van der Waals surface area contributed by atoms with Crippen LogP contribution < -0.4 is 5.32 Å². The average molecular weight is 395 g/mol. The van der Waals surface area contributed by atoms with E-state index in [1.807, 2.05) is 39.0 Å². The van der Waals surface area contributed by atoms with Gasteiger partial charge in [0.1, 0.15) is 0 Å². The van der Waals surface area contributed by atoms with Crippen LogP contribution in [0.1, 0.15) is 29.7 Å². The molecular formula is C19H23ClN2O3S. The Morgan fingerprint density at radius 3 is 2.38 bits per heavy atom. The minimum Gasteiger partial charge on any atom is -0.348 e. The Labute approximate surface area is 160 Å². The molecular weight excluding hydrogens is 372 g/mol. The number of nitrogens with one attached hydrogen (secondary N) is 1. The van der Waals surface area contributed by atoms with Gasteiger partial charge < -0.3 is 5.32 Å². The third-order valence-electron chi connectivity index (χ3n) is 4.17. The number of carbonyl (C=O) groups is 1. The molecule has 0 fully saturated rings. The van der Waals surface area contributed by atoms with Crippen molar-refractivity contribution in [1.29, 1.82) is 0 Å². The van der Waals surface area contributed by atoms with E-state index < -0.39 is 10.0 Å². The monoisotopic (exact) mass is 394 g/mol. The van der Waals surface area contributed by atoms with Crippen molar-refractivity contribution in [3.8, 4) is 0 Å². The first kappa shape index (κ1) is 20.4. The first-order valence-corrected chi connectivity index (χ1v) is 10.0. The van der Waals surface area contributed by atoms with Crippen LogP contribution >= 0.6 is 11.6 Å². The molecule has 0 saturated heterocycles. The molecule has 2 aromatic carbocycles. The molecule has 0 aliphatic carbocycles. The van der Waals surface area contributed by atoms with Crippen LogP contribution in [0, 0.1) is 13.8 Å². The van der Waals surface area contributed by atoms with Gasteiger partial charge in [0.15, 0.2) is 0 Å². The highest BCUT2D eigenvalue weighted by molar-refractivity contribution is 7.89. The number of aryl methyl sites for hydroxylation is 2. The summed E-state index contributed by atoms with van der Waals surface area (Å²) in [5.74, 6) is -0.363. The van der Waals surface area contributed by atoms with Crippen molar-refractivity contribution in [2.45, 2.75) is 31.7 Å². The van der Waals surface area contributed by atoms with E-state index in [1.54, 1.807) is 0 Å². The third kappa shape index (κ3) is 4.84. The summed E-state index contributed by atoms with van der Waals surface area (Å²) < 4.78 is 26.1. The molecule has 2 aromatic rings. The summed E-state index contributed by atoms with van der Waals surface area (Å²) in [5, 5.41) is 3.31. The van der Waals surface area contributed by atoms with Crippen molar-refractivity contribution in [2.24, 2.45) is 0 Å². The van der Waals surface area contributed by atoms with Crippen LogP contribution in [0.4, 0.5) is 0 Å². The maximum Gasteiger partial charge on any atom is 0.243 e. The minimum absolute atomic E-state index is 0.0970. The van der Waals surface area contributed by atoms with E-state index in [0.29, 0.717) is 5.02 Å². The third-order valence-corrected chi connectivity index (χ3v) is 6.24. The summed E-state index contributed by atoms with van der Waals surface area (Å²) in [6.07, 6.45) is 0. The zero-order chi connectivity index (χ0) is 19.5. The Morgan fingerprint density at radius 1 is 1.15 bits per heavy atom. The fraction of sp³-hybridized carbons (Fsp3) is 0.316. The van der Waals surface area contributed by atoms with E-state index >= 15 is 0 Å². The summed E-state index contributed by atoms with van der Waals surface area (Å²) in [7, 11) is -2.37. The minimum atomic E-state index is -3.75. The lowest BCUT2D eigenvalue weighted by atomic mass is 10.00. The molecule has 140 valence electrons. The van der Waals surface area contributed by atoms with Crippen LogP contribution in [0.5, 0.6) is 0 Å². The highest BCUT2D eigenvalue weighted by Crippen LogP contribution is 2.20. The number of hydrogen-bond donors (Lipinski definition) is 1. The fourth-order valence-corrected chi connectivity index (χ4v) is 3.92. The molecule has 5 nitrogen and oxygen atoms in total. The van der Waals surface area contributed by atoms with Crippen LogP contribution in [0.15, 0.2) is 47.4 Å².